The van der Waals surface area contributed by atoms with Crippen molar-refractivity contribution in [3.8, 4) is 0 Å². The van der Waals surface area contributed by atoms with Crippen LogP contribution < -0.4 is 5.32 Å². The van der Waals surface area contributed by atoms with Crippen molar-refractivity contribution in [1.82, 2.24) is 15.3 Å². The number of aliphatic carboxylic acids is 1. The van der Waals surface area contributed by atoms with Gasteiger partial charge in [0.15, 0.2) is 5.16 Å². The van der Waals surface area contributed by atoms with E-state index in [-0.39, 0.29) is 18.2 Å². The first-order chi connectivity index (χ1) is 10.3. The summed E-state index contributed by atoms with van der Waals surface area (Å²) in [5.41, 5.74) is 0.825. The zero-order chi connectivity index (χ0) is 16.8. The SMILES string of the molecule is CCC(CC)(CNC(=O)CSc1nc(C)cc(C)n1)C(=O)O. The van der Waals surface area contributed by atoms with Gasteiger partial charge in [0.2, 0.25) is 5.91 Å². The summed E-state index contributed by atoms with van der Waals surface area (Å²) in [7, 11) is 0. The molecule has 0 unspecified atom stereocenters. The minimum absolute atomic E-state index is 0.141. The Balaban J connectivity index is 2.54. The highest BCUT2D eigenvalue weighted by Gasteiger charge is 2.35. The maximum atomic E-state index is 11.9. The molecule has 7 heteroatoms. The van der Waals surface area contributed by atoms with Crippen molar-refractivity contribution in [2.24, 2.45) is 5.41 Å². The highest BCUT2D eigenvalue weighted by atomic mass is 32.2. The summed E-state index contributed by atoms with van der Waals surface area (Å²) in [6.45, 7) is 7.54. The van der Waals surface area contributed by atoms with Crippen molar-refractivity contribution in [2.75, 3.05) is 12.3 Å². The van der Waals surface area contributed by atoms with Gasteiger partial charge in [-0.1, -0.05) is 25.6 Å². The van der Waals surface area contributed by atoms with Crippen LogP contribution in [0.3, 0.4) is 0 Å². The number of carboxylic acids is 1. The molecule has 0 aromatic carbocycles. The van der Waals surface area contributed by atoms with E-state index in [4.69, 9.17) is 0 Å². The number of hydrogen-bond acceptors (Lipinski definition) is 5. The van der Waals surface area contributed by atoms with Crippen molar-refractivity contribution in [2.45, 2.75) is 45.7 Å². The summed E-state index contributed by atoms with van der Waals surface area (Å²) in [5, 5.41) is 12.6. The predicted molar refractivity (Wildman–Crippen MR) is 85.9 cm³/mol. The molecule has 2 N–H and O–H groups in total. The molecule has 6 nitrogen and oxygen atoms in total. The van der Waals surface area contributed by atoms with E-state index in [1.807, 2.05) is 33.8 Å². The molecule has 0 bridgehead atoms. The van der Waals surface area contributed by atoms with Crippen LogP contribution in [0.1, 0.15) is 38.1 Å². The molecule has 122 valence electrons. The van der Waals surface area contributed by atoms with Crippen LogP contribution >= 0.6 is 11.8 Å². The number of amides is 1. The van der Waals surface area contributed by atoms with Gasteiger partial charge in [-0.25, -0.2) is 9.97 Å². The van der Waals surface area contributed by atoms with E-state index in [9.17, 15) is 14.7 Å². The normalized spacial score (nSPS) is 11.3. The third-order valence-electron chi connectivity index (χ3n) is 3.73. The number of carbonyl (C=O) groups excluding carboxylic acids is 1. The van der Waals surface area contributed by atoms with E-state index in [2.05, 4.69) is 15.3 Å². The lowest BCUT2D eigenvalue weighted by Gasteiger charge is -2.26. The minimum Gasteiger partial charge on any atom is -0.481 e. The van der Waals surface area contributed by atoms with Crippen LogP contribution in [0, 0.1) is 19.3 Å². The van der Waals surface area contributed by atoms with E-state index in [0.29, 0.717) is 18.0 Å². The second-order valence-corrected chi connectivity index (χ2v) is 6.23. The van der Waals surface area contributed by atoms with Crippen molar-refractivity contribution in [3.63, 3.8) is 0 Å². The first kappa shape index (κ1) is 18.4. The number of carbonyl (C=O) groups is 2. The van der Waals surface area contributed by atoms with Gasteiger partial charge in [0.05, 0.1) is 11.2 Å². The average Bonchev–Trinajstić information content (AvgIpc) is 2.45. The molecular weight excluding hydrogens is 302 g/mol. The number of nitrogens with zero attached hydrogens (tertiary/aromatic N) is 2. The largest absolute Gasteiger partial charge is 0.481 e. The van der Waals surface area contributed by atoms with Gasteiger partial charge in [-0.3, -0.25) is 9.59 Å². The number of aromatic nitrogens is 2. The molecule has 0 aliphatic carbocycles. The average molecular weight is 325 g/mol. The quantitative estimate of drug-likeness (QED) is 0.562. The maximum Gasteiger partial charge on any atom is 0.311 e. The third-order valence-corrected chi connectivity index (χ3v) is 4.57. The molecule has 1 heterocycles. The number of thioether (sulfide) groups is 1. The fourth-order valence-corrected chi connectivity index (χ4v) is 2.86. The van der Waals surface area contributed by atoms with Crippen LogP contribution in [-0.2, 0) is 9.59 Å². The van der Waals surface area contributed by atoms with E-state index in [0.717, 1.165) is 11.4 Å². The summed E-state index contributed by atoms with van der Waals surface area (Å²) >= 11 is 1.25. The zero-order valence-electron chi connectivity index (χ0n) is 13.5. The van der Waals surface area contributed by atoms with Gasteiger partial charge in [-0.2, -0.15) is 0 Å². The second kappa shape index (κ2) is 8.12. The lowest BCUT2D eigenvalue weighted by molar-refractivity contribution is -0.149. The van der Waals surface area contributed by atoms with Gasteiger partial charge in [0, 0.05) is 17.9 Å². The molecule has 0 atom stereocenters. The molecule has 1 rings (SSSR count). The summed E-state index contributed by atoms with van der Waals surface area (Å²) in [5.74, 6) is -0.908. The Morgan fingerprint density at radius 2 is 1.77 bits per heavy atom. The van der Waals surface area contributed by atoms with Crippen molar-refractivity contribution in [1.29, 1.82) is 0 Å². The van der Waals surface area contributed by atoms with Crippen LogP contribution in [0.15, 0.2) is 11.2 Å². The van der Waals surface area contributed by atoms with Crippen molar-refractivity contribution >= 4 is 23.6 Å². The van der Waals surface area contributed by atoms with Crippen LogP contribution in [-0.4, -0.2) is 39.2 Å². The van der Waals surface area contributed by atoms with Gasteiger partial charge in [0.1, 0.15) is 0 Å². The Labute approximate surface area is 135 Å². The first-order valence-corrected chi connectivity index (χ1v) is 8.26. The number of nitrogens with one attached hydrogen (secondary N) is 1. The molecule has 0 saturated heterocycles. The van der Waals surface area contributed by atoms with Gasteiger partial charge in [-0.05, 0) is 32.8 Å². The standard InChI is InChI=1S/C15H23N3O3S/c1-5-15(6-2,13(20)21)9-16-12(19)8-22-14-17-10(3)7-11(4)18-14/h7H,5-6,8-9H2,1-4H3,(H,16,19)(H,20,21). The number of hydrogen-bond donors (Lipinski definition) is 2. The number of rotatable bonds is 8. The van der Waals surface area contributed by atoms with Crippen LogP contribution in [0.5, 0.6) is 0 Å². The fraction of sp³-hybridized carbons (Fsp3) is 0.600. The van der Waals surface area contributed by atoms with Gasteiger partial charge in [0.25, 0.3) is 0 Å². The Kier molecular flexibility index (Phi) is 6.80. The van der Waals surface area contributed by atoms with Crippen LogP contribution in [0.25, 0.3) is 0 Å². The maximum absolute atomic E-state index is 11.9. The molecule has 1 aromatic rings. The van der Waals surface area contributed by atoms with Gasteiger partial charge < -0.3 is 10.4 Å². The van der Waals surface area contributed by atoms with Crippen molar-refractivity contribution in [3.05, 3.63) is 17.5 Å². The van der Waals surface area contributed by atoms with Crippen molar-refractivity contribution < 1.29 is 14.7 Å². The fourth-order valence-electron chi connectivity index (χ4n) is 2.09. The minimum atomic E-state index is -0.892. The summed E-state index contributed by atoms with van der Waals surface area (Å²) < 4.78 is 0. The molecule has 0 saturated carbocycles. The third kappa shape index (κ3) is 4.98. The van der Waals surface area contributed by atoms with E-state index in [1.54, 1.807) is 0 Å². The Bertz CT molecular complexity index is 525. The van der Waals surface area contributed by atoms with Gasteiger partial charge >= 0.3 is 5.97 Å². The molecule has 0 aliphatic heterocycles. The zero-order valence-corrected chi connectivity index (χ0v) is 14.3. The second-order valence-electron chi connectivity index (χ2n) is 5.29. The first-order valence-electron chi connectivity index (χ1n) is 7.28. The van der Waals surface area contributed by atoms with Crippen LogP contribution in [0.2, 0.25) is 0 Å². The summed E-state index contributed by atoms with van der Waals surface area (Å²) in [4.78, 5) is 31.8. The Hall–Kier alpha value is -1.63. The summed E-state index contributed by atoms with van der Waals surface area (Å²) in [6.07, 6.45) is 0.957. The molecule has 0 aliphatic rings. The Morgan fingerprint density at radius 3 is 2.23 bits per heavy atom. The lowest BCUT2D eigenvalue weighted by Crippen LogP contribution is -2.42. The van der Waals surface area contributed by atoms with Crippen LogP contribution in [0.4, 0.5) is 0 Å². The highest BCUT2D eigenvalue weighted by Crippen LogP contribution is 2.25. The lowest BCUT2D eigenvalue weighted by atomic mass is 9.82. The number of carboxylic acid groups (broad SMARTS) is 1. The summed E-state index contributed by atoms with van der Waals surface area (Å²) in [6, 6.07) is 1.87. The van der Waals surface area contributed by atoms with E-state index < -0.39 is 11.4 Å². The van der Waals surface area contributed by atoms with E-state index in [1.165, 1.54) is 11.8 Å². The van der Waals surface area contributed by atoms with Gasteiger partial charge in [-0.15, -0.1) is 0 Å². The molecular formula is C15H23N3O3S. The number of aryl methyl sites for hydroxylation is 2. The Morgan fingerprint density at radius 1 is 1.23 bits per heavy atom. The molecule has 0 spiro atoms. The molecule has 0 radical (unpaired) electrons. The molecule has 0 fully saturated rings. The molecule has 22 heavy (non-hydrogen) atoms. The molecule has 1 aromatic heterocycles. The molecule has 1 amide bonds. The monoisotopic (exact) mass is 325 g/mol. The topological polar surface area (TPSA) is 92.2 Å². The predicted octanol–water partition coefficient (Wildman–Crippen LogP) is 2.19. The smallest absolute Gasteiger partial charge is 0.311 e. The highest BCUT2D eigenvalue weighted by molar-refractivity contribution is 7.99. The van der Waals surface area contributed by atoms with E-state index >= 15 is 0 Å².